The molecule has 20 heavy (non-hydrogen) atoms. The van der Waals surface area contributed by atoms with E-state index >= 15 is 0 Å². The molecular weight excluding hydrogens is 256 g/mol. The van der Waals surface area contributed by atoms with Crippen LogP contribution in [0.3, 0.4) is 0 Å². The van der Waals surface area contributed by atoms with Gasteiger partial charge >= 0.3 is 5.63 Å². The van der Waals surface area contributed by atoms with E-state index in [4.69, 9.17) is 8.83 Å². The summed E-state index contributed by atoms with van der Waals surface area (Å²) in [5.74, 6) is 0. The number of furan rings is 1. The number of hydrogen-bond donors (Lipinski definition) is 1. The first-order valence-corrected chi connectivity index (χ1v) is 6.24. The van der Waals surface area contributed by atoms with Crippen LogP contribution < -0.4 is 5.63 Å². The molecule has 0 fully saturated rings. The highest BCUT2D eigenvalue weighted by molar-refractivity contribution is 6.09. The second-order valence-electron chi connectivity index (χ2n) is 4.69. The van der Waals surface area contributed by atoms with E-state index < -0.39 is 5.63 Å². The van der Waals surface area contributed by atoms with Crippen LogP contribution in [-0.4, -0.2) is 5.11 Å². The van der Waals surface area contributed by atoms with Crippen molar-refractivity contribution in [1.82, 2.24) is 0 Å². The molecule has 4 rings (SSSR count). The lowest BCUT2D eigenvalue weighted by molar-refractivity contribution is 0.283. The molecule has 4 nitrogen and oxygen atoms in total. The molecule has 98 valence electrons. The van der Waals surface area contributed by atoms with Gasteiger partial charge in [-0.25, -0.2) is 4.79 Å². The van der Waals surface area contributed by atoms with Crippen molar-refractivity contribution in [2.24, 2.45) is 0 Å². The molecule has 2 aromatic heterocycles. The second kappa shape index (κ2) is 3.95. The van der Waals surface area contributed by atoms with Gasteiger partial charge in [0, 0.05) is 22.2 Å². The molecule has 1 N–H and O–H groups in total. The Bertz CT molecular complexity index is 1010. The van der Waals surface area contributed by atoms with Crippen molar-refractivity contribution in [3.63, 3.8) is 0 Å². The number of hydrogen-bond acceptors (Lipinski definition) is 4. The van der Waals surface area contributed by atoms with E-state index in [1.165, 1.54) is 0 Å². The van der Waals surface area contributed by atoms with Gasteiger partial charge in [-0.15, -0.1) is 0 Å². The lowest BCUT2D eigenvalue weighted by atomic mass is 10.0. The zero-order chi connectivity index (χ0) is 13.7. The Kier molecular flexibility index (Phi) is 2.22. The second-order valence-corrected chi connectivity index (χ2v) is 4.69. The molecule has 0 spiro atoms. The highest BCUT2D eigenvalue weighted by Crippen LogP contribution is 2.29. The third-order valence-electron chi connectivity index (χ3n) is 3.57. The molecule has 0 amide bonds. The summed E-state index contributed by atoms with van der Waals surface area (Å²) >= 11 is 0. The fourth-order valence-corrected chi connectivity index (χ4v) is 2.63. The van der Waals surface area contributed by atoms with Gasteiger partial charge in [-0.05, 0) is 17.7 Å². The number of benzene rings is 2. The van der Waals surface area contributed by atoms with Crippen LogP contribution in [0.15, 0.2) is 56.3 Å². The first-order chi connectivity index (χ1) is 9.78. The van der Waals surface area contributed by atoms with Crippen LogP contribution in [0.2, 0.25) is 0 Å². The number of aliphatic hydroxyl groups excluding tert-OH is 1. The minimum absolute atomic E-state index is 0.193. The van der Waals surface area contributed by atoms with Crippen molar-refractivity contribution in [2.75, 3.05) is 0 Å². The summed E-state index contributed by atoms with van der Waals surface area (Å²) in [6.45, 7) is -0.193. The Balaban J connectivity index is 2.30. The number of fused-ring (bicyclic) bond motifs is 4. The van der Waals surface area contributed by atoms with Gasteiger partial charge in [0.15, 0.2) is 0 Å². The summed E-state index contributed by atoms with van der Waals surface area (Å²) in [4.78, 5) is 12.1. The monoisotopic (exact) mass is 266 g/mol. The lowest BCUT2D eigenvalue weighted by Gasteiger charge is -2.05. The van der Waals surface area contributed by atoms with E-state index in [0.717, 1.165) is 16.2 Å². The molecular formula is C16H10O4. The third kappa shape index (κ3) is 1.42. The smallest absolute Gasteiger partial charge is 0.344 e. The van der Waals surface area contributed by atoms with Crippen LogP contribution in [0.4, 0.5) is 0 Å². The fourth-order valence-electron chi connectivity index (χ4n) is 2.63. The van der Waals surface area contributed by atoms with E-state index in [1.54, 1.807) is 18.4 Å². The van der Waals surface area contributed by atoms with Gasteiger partial charge in [-0.2, -0.15) is 0 Å². The van der Waals surface area contributed by atoms with Gasteiger partial charge in [0.1, 0.15) is 11.2 Å². The van der Waals surface area contributed by atoms with E-state index in [-0.39, 0.29) is 6.61 Å². The molecule has 0 aliphatic rings. The van der Waals surface area contributed by atoms with Gasteiger partial charge in [0.05, 0.1) is 18.3 Å². The Morgan fingerprint density at radius 2 is 1.95 bits per heavy atom. The van der Waals surface area contributed by atoms with Crippen molar-refractivity contribution in [1.29, 1.82) is 0 Å². The maximum atomic E-state index is 12.1. The van der Waals surface area contributed by atoms with Crippen LogP contribution in [0.1, 0.15) is 5.56 Å². The molecule has 0 saturated carbocycles. The highest BCUT2D eigenvalue weighted by Gasteiger charge is 2.12. The SMILES string of the molecule is O=c1oc2cc3occc3cc2c2cccc(CO)c12. The molecule has 2 aromatic carbocycles. The first kappa shape index (κ1) is 11.3. The molecule has 0 bridgehead atoms. The number of aliphatic hydroxyl groups is 1. The van der Waals surface area contributed by atoms with E-state index in [2.05, 4.69) is 0 Å². The lowest BCUT2D eigenvalue weighted by Crippen LogP contribution is -2.03. The standard InChI is InChI=1S/C16H10O4/c17-8-10-2-1-3-11-12-6-9-4-5-19-13(9)7-14(12)20-16(18)15(10)11/h1-7,17H,8H2. The summed E-state index contributed by atoms with van der Waals surface area (Å²) in [6.07, 6.45) is 1.60. The quantitative estimate of drug-likeness (QED) is 0.424. The van der Waals surface area contributed by atoms with Crippen molar-refractivity contribution in [3.05, 3.63) is 58.6 Å². The Morgan fingerprint density at radius 3 is 2.80 bits per heavy atom. The Morgan fingerprint density at radius 1 is 1.05 bits per heavy atom. The van der Waals surface area contributed by atoms with Crippen LogP contribution in [-0.2, 0) is 6.61 Å². The normalized spacial score (nSPS) is 11.7. The molecule has 0 aliphatic heterocycles. The minimum Gasteiger partial charge on any atom is -0.464 e. The van der Waals surface area contributed by atoms with Crippen LogP contribution in [0.5, 0.6) is 0 Å². The summed E-state index contributed by atoms with van der Waals surface area (Å²) in [5.41, 5.74) is 1.30. The van der Waals surface area contributed by atoms with Gasteiger partial charge in [-0.1, -0.05) is 18.2 Å². The van der Waals surface area contributed by atoms with E-state index in [1.807, 2.05) is 24.3 Å². The van der Waals surface area contributed by atoms with Gasteiger partial charge in [0.2, 0.25) is 0 Å². The molecule has 0 atom stereocenters. The topological polar surface area (TPSA) is 63.6 Å². The van der Waals surface area contributed by atoms with Crippen molar-refractivity contribution >= 4 is 32.7 Å². The van der Waals surface area contributed by atoms with Crippen LogP contribution in [0, 0.1) is 0 Å². The van der Waals surface area contributed by atoms with E-state index in [9.17, 15) is 9.90 Å². The van der Waals surface area contributed by atoms with Gasteiger partial charge in [-0.3, -0.25) is 0 Å². The van der Waals surface area contributed by atoms with Gasteiger partial charge < -0.3 is 13.9 Å². The predicted octanol–water partition coefficient (Wildman–Crippen LogP) is 3.18. The predicted molar refractivity (Wildman–Crippen MR) is 75.7 cm³/mol. The average Bonchev–Trinajstić information content (AvgIpc) is 2.92. The molecule has 0 radical (unpaired) electrons. The zero-order valence-corrected chi connectivity index (χ0v) is 10.4. The van der Waals surface area contributed by atoms with Crippen molar-refractivity contribution in [2.45, 2.75) is 6.61 Å². The van der Waals surface area contributed by atoms with Crippen molar-refractivity contribution < 1.29 is 13.9 Å². The average molecular weight is 266 g/mol. The largest absolute Gasteiger partial charge is 0.464 e. The first-order valence-electron chi connectivity index (χ1n) is 6.24. The summed E-state index contributed by atoms with van der Waals surface area (Å²) in [7, 11) is 0. The zero-order valence-electron chi connectivity index (χ0n) is 10.4. The maximum Gasteiger partial charge on any atom is 0.344 e. The molecule has 0 aliphatic carbocycles. The third-order valence-corrected chi connectivity index (χ3v) is 3.57. The van der Waals surface area contributed by atoms with Gasteiger partial charge in [0.25, 0.3) is 0 Å². The molecule has 2 heterocycles. The maximum absolute atomic E-state index is 12.1. The Hall–Kier alpha value is -2.59. The summed E-state index contributed by atoms with van der Waals surface area (Å²) in [6, 6.07) is 10.9. The Labute approximate surface area is 112 Å². The van der Waals surface area contributed by atoms with Crippen molar-refractivity contribution in [3.8, 4) is 0 Å². The number of rotatable bonds is 1. The molecule has 4 aromatic rings. The molecule has 4 heteroatoms. The fraction of sp³-hybridized carbons (Fsp3) is 0.0625. The highest BCUT2D eigenvalue weighted by atomic mass is 16.4. The molecule has 0 saturated heterocycles. The summed E-state index contributed by atoms with van der Waals surface area (Å²) < 4.78 is 10.7. The minimum atomic E-state index is -0.442. The summed E-state index contributed by atoms with van der Waals surface area (Å²) in [5, 5.41) is 12.4. The molecule has 0 unspecified atom stereocenters. The van der Waals surface area contributed by atoms with E-state index in [0.29, 0.717) is 22.1 Å². The van der Waals surface area contributed by atoms with Crippen LogP contribution >= 0.6 is 0 Å². The van der Waals surface area contributed by atoms with Crippen LogP contribution in [0.25, 0.3) is 32.7 Å².